The third-order valence-corrected chi connectivity index (χ3v) is 4.25. The zero-order valence-electron chi connectivity index (χ0n) is 13.0. The molecule has 1 atom stereocenters. The molecule has 7 heteroatoms. The van der Waals surface area contributed by atoms with Crippen LogP contribution in [0, 0.1) is 5.82 Å². The number of morpholine rings is 1. The van der Waals surface area contributed by atoms with Gasteiger partial charge in [0.2, 0.25) is 5.91 Å². The van der Waals surface area contributed by atoms with Crippen molar-refractivity contribution < 1.29 is 18.7 Å². The maximum atomic E-state index is 14.4. The summed E-state index contributed by atoms with van der Waals surface area (Å²) in [6, 6.07) is 5.27. The topological polar surface area (TPSA) is 68.0 Å². The molecule has 2 heterocycles. The zero-order chi connectivity index (χ0) is 16.2. The van der Waals surface area contributed by atoms with Crippen molar-refractivity contribution >= 4 is 17.3 Å². The molecule has 3 rings (SSSR count). The Labute approximate surface area is 134 Å². The van der Waals surface area contributed by atoms with Crippen molar-refractivity contribution in [1.82, 2.24) is 0 Å². The lowest BCUT2D eigenvalue weighted by atomic mass is 10.2. The van der Waals surface area contributed by atoms with Crippen molar-refractivity contribution in [3.8, 4) is 0 Å². The SMILES string of the molecule is NC(=O)CC[C@H]1CN(c2ccc(N3CCOCC3)c(F)c2)CO1. The van der Waals surface area contributed by atoms with Gasteiger partial charge >= 0.3 is 0 Å². The Morgan fingerprint density at radius 3 is 2.78 bits per heavy atom. The predicted molar refractivity (Wildman–Crippen MR) is 84.9 cm³/mol. The lowest BCUT2D eigenvalue weighted by Gasteiger charge is -2.29. The molecular formula is C16H22FN3O3. The molecule has 0 radical (unpaired) electrons. The largest absolute Gasteiger partial charge is 0.378 e. The Balaban J connectivity index is 1.63. The summed E-state index contributed by atoms with van der Waals surface area (Å²) in [6.45, 7) is 3.71. The van der Waals surface area contributed by atoms with Crippen LogP contribution in [0.2, 0.25) is 0 Å². The summed E-state index contributed by atoms with van der Waals surface area (Å²) in [5.41, 5.74) is 6.56. The molecule has 0 bridgehead atoms. The van der Waals surface area contributed by atoms with E-state index in [9.17, 15) is 9.18 Å². The number of anilines is 2. The average Bonchev–Trinajstić information content (AvgIpc) is 3.02. The Morgan fingerprint density at radius 1 is 1.30 bits per heavy atom. The summed E-state index contributed by atoms with van der Waals surface area (Å²) in [6.07, 6.45) is 0.868. The number of nitrogens with zero attached hydrogens (tertiary/aromatic N) is 2. The van der Waals surface area contributed by atoms with Gasteiger partial charge in [-0.15, -0.1) is 0 Å². The summed E-state index contributed by atoms with van der Waals surface area (Å²) < 4.78 is 25.3. The van der Waals surface area contributed by atoms with E-state index in [-0.39, 0.29) is 17.8 Å². The number of ether oxygens (including phenoxy) is 2. The summed E-state index contributed by atoms with van der Waals surface area (Å²) in [5, 5.41) is 0. The van der Waals surface area contributed by atoms with E-state index < -0.39 is 0 Å². The van der Waals surface area contributed by atoms with Gasteiger partial charge in [0.1, 0.15) is 12.5 Å². The minimum Gasteiger partial charge on any atom is -0.378 e. The van der Waals surface area contributed by atoms with Gasteiger partial charge in [-0.25, -0.2) is 4.39 Å². The molecule has 23 heavy (non-hydrogen) atoms. The van der Waals surface area contributed by atoms with Gasteiger partial charge in [0.05, 0.1) is 25.0 Å². The number of amides is 1. The molecule has 6 nitrogen and oxygen atoms in total. The molecule has 0 saturated carbocycles. The number of primary amides is 1. The lowest BCUT2D eigenvalue weighted by molar-refractivity contribution is -0.118. The van der Waals surface area contributed by atoms with Crippen molar-refractivity contribution in [2.75, 3.05) is 49.4 Å². The standard InChI is InChI=1S/C16H22FN3O3/c17-14-9-12(1-3-15(14)19-5-7-22-8-6-19)20-10-13(23-11-20)2-4-16(18)21/h1,3,9,13H,2,4-8,10-11H2,(H2,18,21)/t13-/m0/s1. The van der Waals surface area contributed by atoms with Crippen LogP contribution in [0.4, 0.5) is 15.8 Å². The van der Waals surface area contributed by atoms with E-state index in [1.54, 1.807) is 6.07 Å². The number of carbonyl (C=O) groups is 1. The molecular weight excluding hydrogens is 301 g/mol. The van der Waals surface area contributed by atoms with Gasteiger partial charge in [0.15, 0.2) is 0 Å². The molecule has 1 aromatic rings. The highest BCUT2D eigenvalue weighted by molar-refractivity contribution is 5.73. The fourth-order valence-corrected chi connectivity index (χ4v) is 2.96. The maximum Gasteiger partial charge on any atom is 0.217 e. The summed E-state index contributed by atoms with van der Waals surface area (Å²) in [5.74, 6) is -0.557. The van der Waals surface area contributed by atoms with Crippen LogP contribution in [-0.4, -0.2) is 51.6 Å². The monoisotopic (exact) mass is 323 g/mol. The number of hydrogen-bond acceptors (Lipinski definition) is 5. The second-order valence-corrected chi connectivity index (χ2v) is 5.88. The number of nitrogens with two attached hydrogens (primary N) is 1. The van der Waals surface area contributed by atoms with Crippen LogP contribution in [0.3, 0.4) is 0 Å². The molecule has 2 aliphatic rings. The molecule has 2 aliphatic heterocycles. The highest BCUT2D eigenvalue weighted by Gasteiger charge is 2.24. The summed E-state index contributed by atoms with van der Waals surface area (Å²) in [4.78, 5) is 14.8. The summed E-state index contributed by atoms with van der Waals surface area (Å²) in [7, 11) is 0. The van der Waals surface area contributed by atoms with Crippen LogP contribution in [0.25, 0.3) is 0 Å². The molecule has 2 saturated heterocycles. The van der Waals surface area contributed by atoms with Crippen LogP contribution in [0.15, 0.2) is 18.2 Å². The second-order valence-electron chi connectivity index (χ2n) is 5.88. The smallest absolute Gasteiger partial charge is 0.217 e. The average molecular weight is 323 g/mol. The number of carbonyl (C=O) groups excluding carboxylic acids is 1. The molecule has 2 fully saturated rings. The Morgan fingerprint density at radius 2 is 2.09 bits per heavy atom. The van der Waals surface area contributed by atoms with Crippen LogP contribution in [0.1, 0.15) is 12.8 Å². The van der Waals surface area contributed by atoms with Gasteiger partial charge in [0, 0.05) is 31.7 Å². The van der Waals surface area contributed by atoms with Crippen molar-refractivity contribution in [2.45, 2.75) is 18.9 Å². The summed E-state index contributed by atoms with van der Waals surface area (Å²) >= 11 is 0. The lowest BCUT2D eigenvalue weighted by Crippen LogP contribution is -2.36. The van der Waals surface area contributed by atoms with Crippen molar-refractivity contribution in [1.29, 1.82) is 0 Å². The van der Waals surface area contributed by atoms with Crippen molar-refractivity contribution in [3.63, 3.8) is 0 Å². The van der Waals surface area contributed by atoms with Gasteiger partial charge in [-0.3, -0.25) is 4.79 Å². The van der Waals surface area contributed by atoms with Gasteiger partial charge in [-0.2, -0.15) is 0 Å². The second kappa shape index (κ2) is 7.14. The molecule has 0 aliphatic carbocycles. The number of halogens is 1. The fraction of sp³-hybridized carbons (Fsp3) is 0.562. The Bertz CT molecular complexity index is 564. The first-order valence-corrected chi connectivity index (χ1v) is 7.90. The van der Waals surface area contributed by atoms with Crippen LogP contribution in [-0.2, 0) is 14.3 Å². The number of rotatable bonds is 5. The van der Waals surface area contributed by atoms with Gasteiger partial charge < -0.3 is 25.0 Å². The minimum atomic E-state index is -0.326. The predicted octanol–water partition coefficient (Wildman–Crippen LogP) is 1.09. The van der Waals surface area contributed by atoms with Crippen LogP contribution < -0.4 is 15.5 Å². The number of benzene rings is 1. The van der Waals surface area contributed by atoms with Gasteiger partial charge in [-0.05, 0) is 24.6 Å². The maximum absolute atomic E-state index is 14.4. The third kappa shape index (κ3) is 3.92. The zero-order valence-corrected chi connectivity index (χ0v) is 13.0. The number of hydrogen-bond donors (Lipinski definition) is 1. The van der Waals surface area contributed by atoms with Gasteiger partial charge in [0.25, 0.3) is 0 Å². The van der Waals surface area contributed by atoms with E-state index in [1.165, 1.54) is 0 Å². The molecule has 0 unspecified atom stereocenters. The quantitative estimate of drug-likeness (QED) is 0.878. The molecule has 1 amide bonds. The first-order valence-electron chi connectivity index (χ1n) is 7.90. The van der Waals surface area contributed by atoms with Crippen LogP contribution >= 0.6 is 0 Å². The first kappa shape index (κ1) is 16.0. The minimum absolute atomic E-state index is 0.0375. The van der Waals surface area contributed by atoms with E-state index >= 15 is 0 Å². The molecule has 0 aromatic heterocycles. The van der Waals surface area contributed by atoms with E-state index in [2.05, 4.69) is 0 Å². The van der Waals surface area contributed by atoms with Crippen molar-refractivity contribution in [2.24, 2.45) is 5.73 Å². The highest BCUT2D eigenvalue weighted by atomic mass is 19.1. The van der Waals surface area contributed by atoms with Crippen LogP contribution in [0.5, 0.6) is 0 Å². The third-order valence-electron chi connectivity index (χ3n) is 4.25. The van der Waals surface area contributed by atoms with E-state index in [1.807, 2.05) is 21.9 Å². The normalized spacial score (nSPS) is 21.7. The molecule has 0 spiro atoms. The Hall–Kier alpha value is -1.86. The molecule has 2 N–H and O–H groups in total. The van der Waals surface area contributed by atoms with E-state index in [0.717, 1.165) is 5.69 Å². The molecule has 1 aromatic carbocycles. The first-order chi connectivity index (χ1) is 11.1. The van der Waals surface area contributed by atoms with E-state index in [0.29, 0.717) is 58.1 Å². The fourth-order valence-electron chi connectivity index (χ4n) is 2.96. The van der Waals surface area contributed by atoms with E-state index in [4.69, 9.17) is 15.2 Å². The highest BCUT2D eigenvalue weighted by Crippen LogP contribution is 2.28. The van der Waals surface area contributed by atoms with Crippen molar-refractivity contribution in [3.05, 3.63) is 24.0 Å². The van der Waals surface area contributed by atoms with Gasteiger partial charge in [-0.1, -0.05) is 0 Å². The molecule has 126 valence electrons. The Kier molecular flexibility index (Phi) is 4.97.